The van der Waals surface area contributed by atoms with Crippen LogP contribution in [-0.4, -0.2) is 32.9 Å². The minimum atomic E-state index is -3.06. The molecule has 1 amide bonds. The fourth-order valence-corrected chi connectivity index (χ4v) is 1.97. The molecule has 7 heteroatoms. The van der Waals surface area contributed by atoms with Crippen LogP contribution in [0.3, 0.4) is 0 Å². The van der Waals surface area contributed by atoms with Crippen molar-refractivity contribution in [1.82, 2.24) is 5.32 Å². The first kappa shape index (κ1) is 14.0. The number of anilines is 1. The van der Waals surface area contributed by atoms with Gasteiger partial charge in [0.15, 0.2) is 0 Å². The number of halogens is 1. The van der Waals surface area contributed by atoms with Gasteiger partial charge >= 0.3 is 0 Å². The number of benzene rings is 1. The predicted octanol–water partition coefficient (Wildman–Crippen LogP) is 0.806. The van der Waals surface area contributed by atoms with E-state index in [9.17, 15) is 13.2 Å². The molecule has 0 atom stereocenters. The summed E-state index contributed by atoms with van der Waals surface area (Å²) < 4.78 is 22.4. The molecule has 1 aromatic carbocycles. The van der Waals surface area contributed by atoms with Gasteiger partial charge in [-0.2, -0.15) is 0 Å². The summed E-state index contributed by atoms with van der Waals surface area (Å²) in [6.07, 6.45) is 1.12. The number of carbonyl (C=O) groups is 1. The molecule has 0 aliphatic heterocycles. The molecule has 0 unspecified atom stereocenters. The van der Waals surface area contributed by atoms with E-state index in [-0.39, 0.29) is 18.2 Å². The Morgan fingerprint density at radius 1 is 1.47 bits per heavy atom. The molecule has 0 fully saturated rings. The number of amides is 1. The number of hydrogen-bond acceptors (Lipinski definition) is 4. The smallest absolute Gasteiger partial charge is 0.251 e. The molecule has 1 rings (SSSR count). The van der Waals surface area contributed by atoms with Gasteiger partial charge in [-0.05, 0) is 34.1 Å². The van der Waals surface area contributed by atoms with Crippen molar-refractivity contribution in [3.8, 4) is 0 Å². The van der Waals surface area contributed by atoms with Crippen molar-refractivity contribution in [2.75, 3.05) is 24.3 Å². The SMILES string of the molecule is CS(=O)(=O)CCNC(=O)c1ccc(N)c(Br)c1. The van der Waals surface area contributed by atoms with Crippen molar-refractivity contribution in [2.24, 2.45) is 0 Å². The van der Waals surface area contributed by atoms with Crippen LogP contribution < -0.4 is 11.1 Å². The Kier molecular flexibility index (Phi) is 4.53. The molecule has 0 saturated heterocycles. The van der Waals surface area contributed by atoms with Crippen LogP contribution in [0.1, 0.15) is 10.4 Å². The van der Waals surface area contributed by atoms with Crippen molar-refractivity contribution in [3.63, 3.8) is 0 Å². The summed E-state index contributed by atoms with van der Waals surface area (Å²) in [5.41, 5.74) is 6.56. The van der Waals surface area contributed by atoms with Gasteiger partial charge in [0.1, 0.15) is 9.84 Å². The minimum Gasteiger partial charge on any atom is -0.398 e. The van der Waals surface area contributed by atoms with E-state index in [1.54, 1.807) is 18.2 Å². The molecular formula is C10H13BrN2O3S. The number of nitrogens with two attached hydrogens (primary N) is 1. The van der Waals surface area contributed by atoms with Gasteiger partial charge in [0.05, 0.1) is 5.75 Å². The first-order chi connectivity index (χ1) is 7.79. The Morgan fingerprint density at radius 3 is 2.65 bits per heavy atom. The maximum Gasteiger partial charge on any atom is 0.251 e. The van der Waals surface area contributed by atoms with Crippen LogP contribution in [0, 0.1) is 0 Å². The normalized spacial score (nSPS) is 11.2. The van der Waals surface area contributed by atoms with Crippen LogP contribution in [0.25, 0.3) is 0 Å². The van der Waals surface area contributed by atoms with E-state index in [0.29, 0.717) is 15.7 Å². The molecule has 3 N–H and O–H groups in total. The molecule has 17 heavy (non-hydrogen) atoms. The third kappa shape index (κ3) is 4.74. The maximum absolute atomic E-state index is 11.6. The molecule has 0 radical (unpaired) electrons. The van der Waals surface area contributed by atoms with E-state index < -0.39 is 9.84 Å². The number of hydrogen-bond donors (Lipinski definition) is 2. The first-order valence-electron chi connectivity index (χ1n) is 4.80. The Hall–Kier alpha value is -1.08. The molecule has 5 nitrogen and oxygen atoms in total. The lowest BCUT2D eigenvalue weighted by Gasteiger charge is -2.05. The van der Waals surface area contributed by atoms with E-state index in [4.69, 9.17) is 5.73 Å². The molecule has 0 aliphatic carbocycles. The first-order valence-corrected chi connectivity index (χ1v) is 7.66. The van der Waals surface area contributed by atoms with Gasteiger partial charge in [0, 0.05) is 28.5 Å². The lowest BCUT2D eigenvalue weighted by molar-refractivity contribution is 0.0956. The Morgan fingerprint density at radius 2 is 2.12 bits per heavy atom. The van der Waals surface area contributed by atoms with Crippen LogP contribution in [0.15, 0.2) is 22.7 Å². The second-order valence-electron chi connectivity index (χ2n) is 3.62. The van der Waals surface area contributed by atoms with Crippen molar-refractivity contribution < 1.29 is 13.2 Å². The summed E-state index contributed by atoms with van der Waals surface area (Å²) in [6.45, 7) is 0.0969. The third-order valence-electron chi connectivity index (χ3n) is 2.02. The van der Waals surface area contributed by atoms with E-state index in [1.165, 1.54) is 0 Å². The van der Waals surface area contributed by atoms with Gasteiger partial charge in [-0.25, -0.2) is 8.42 Å². The quantitative estimate of drug-likeness (QED) is 0.803. The largest absolute Gasteiger partial charge is 0.398 e. The van der Waals surface area contributed by atoms with Gasteiger partial charge in [0.25, 0.3) is 5.91 Å². The van der Waals surface area contributed by atoms with E-state index in [0.717, 1.165) is 6.26 Å². The highest BCUT2D eigenvalue weighted by Crippen LogP contribution is 2.20. The van der Waals surface area contributed by atoms with Crippen LogP contribution in [0.2, 0.25) is 0 Å². The van der Waals surface area contributed by atoms with Crippen LogP contribution in [0.5, 0.6) is 0 Å². The summed E-state index contributed by atoms with van der Waals surface area (Å²) in [5, 5.41) is 2.52. The average Bonchev–Trinajstić information content (AvgIpc) is 2.20. The van der Waals surface area contributed by atoms with Gasteiger partial charge in [0.2, 0.25) is 0 Å². The predicted molar refractivity (Wildman–Crippen MR) is 70.6 cm³/mol. The average molecular weight is 321 g/mol. The standard InChI is InChI=1S/C10H13BrN2O3S/c1-17(15,16)5-4-13-10(14)7-2-3-9(12)8(11)6-7/h2-3,6H,4-5,12H2,1H3,(H,13,14). The Balaban J connectivity index is 2.61. The highest BCUT2D eigenvalue weighted by atomic mass is 79.9. The fourth-order valence-electron chi connectivity index (χ4n) is 1.12. The molecule has 0 bridgehead atoms. The number of sulfone groups is 1. The summed E-state index contributed by atoms with van der Waals surface area (Å²) in [4.78, 5) is 11.6. The summed E-state index contributed by atoms with van der Waals surface area (Å²) in [5.74, 6) is -0.399. The van der Waals surface area contributed by atoms with Crippen molar-refractivity contribution in [2.45, 2.75) is 0 Å². The van der Waals surface area contributed by atoms with E-state index in [1.807, 2.05) is 0 Å². The lowest BCUT2D eigenvalue weighted by Crippen LogP contribution is -2.28. The molecule has 0 spiro atoms. The maximum atomic E-state index is 11.6. The zero-order valence-electron chi connectivity index (χ0n) is 9.23. The van der Waals surface area contributed by atoms with Crippen molar-refractivity contribution >= 4 is 37.4 Å². The molecule has 0 heterocycles. The molecule has 1 aromatic rings. The molecule has 0 saturated carbocycles. The number of nitrogens with one attached hydrogen (secondary N) is 1. The molecule has 0 aromatic heterocycles. The topological polar surface area (TPSA) is 89.3 Å². The fraction of sp³-hybridized carbons (Fsp3) is 0.300. The van der Waals surface area contributed by atoms with Crippen LogP contribution in [0.4, 0.5) is 5.69 Å². The number of nitrogen functional groups attached to an aromatic ring is 1. The lowest BCUT2D eigenvalue weighted by atomic mass is 10.2. The monoisotopic (exact) mass is 320 g/mol. The number of rotatable bonds is 4. The van der Waals surface area contributed by atoms with Gasteiger partial charge in [-0.1, -0.05) is 0 Å². The van der Waals surface area contributed by atoms with Crippen LogP contribution >= 0.6 is 15.9 Å². The van der Waals surface area contributed by atoms with E-state index in [2.05, 4.69) is 21.2 Å². The van der Waals surface area contributed by atoms with Crippen LogP contribution in [-0.2, 0) is 9.84 Å². The van der Waals surface area contributed by atoms with Crippen molar-refractivity contribution in [1.29, 1.82) is 0 Å². The molecule has 0 aliphatic rings. The Bertz CT molecular complexity index is 528. The molecule has 94 valence electrons. The zero-order chi connectivity index (χ0) is 13.1. The highest BCUT2D eigenvalue weighted by Gasteiger charge is 2.08. The van der Waals surface area contributed by atoms with Crippen molar-refractivity contribution in [3.05, 3.63) is 28.2 Å². The zero-order valence-corrected chi connectivity index (χ0v) is 11.6. The van der Waals surface area contributed by atoms with Gasteiger partial charge in [-0.15, -0.1) is 0 Å². The summed E-state index contributed by atoms with van der Waals surface area (Å²) >= 11 is 3.21. The minimum absolute atomic E-state index is 0.0745. The van der Waals surface area contributed by atoms with E-state index >= 15 is 0 Å². The third-order valence-corrected chi connectivity index (χ3v) is 3.65. The van der Waals surface area contributed by atoms with Gasteiger partial charge in [-0.3, -0.25) is 4.79 Å². The summed E-state index contributed by atoms with van der Waals surface area (Å²) in [7, 11) is -3.06. The second-order valence-corrected chi connectivity index (χ2v) is 6.74. The summed E-state index contributed by atoms with van der Waals surface area (Å²) in [6, 6.07) is 4.77. The Labute approximate surface area is 108 Å². The second kappa shape index (κ2) is 5.50. The molecular weight excluding hydrogens is 308 g/mol. The highest BCUT2D eigenvalue weighted by molar-refractivity contribution is 9.10. The van der Waals surface area contributed by atoms with Gasteiger partial charge < -0.3 is 11.1 Å². The number of carbonyl (C=O) groups excluding carboxylic acids is 1.